The Morgan fingerprint density at radius 2 is 1.93 bits per heavy atom. The lowest BCUT2D eigenvalue weighted by molar-refractivity contribution is -0.140. The third-order valence-electron chi connectivity index (χ3n) is 4.90. The van der Waals surface area contributed by atoms with Crippen LogP contribution in [-0.4, -0.2) is 47.6 Å². The van der Waals surface area contributed by atoms with Crippen LogP contribution < -0.4 is 10.6 Å². The van der Waals surface area contributed by atoms with Crippen LogP contribution >= 0.6 is 23.5 Å². The van der Waals surface area contributed by atoms with Crippen LogP contribution in [-0.2, 0) is 27.2 Å². The second kappa shape index (κ2) is 10.1. The summed E-state index contributed by atoms with van der Waals surface area (Å²) in [4.78, 5) is 39.0. The van der Waals surface area contributed by atoms with Crippen LogP contribution in [0.15, 0.2) is 53.4 Å². The summed E-state index contributed by atoms with van der Waals surface area (Å²) in [5.41, 5.74) is 1.85. The van der Waals surface area contributed by atoms with Gasteiger partial charge in [0.25, 0.3) is 5.91 Å². The molecule has 1 aliphatic rings. The second-order valence-electron chi connectivity index (χ2n) is 7.08. The van der Waals surface area contributed by atoms with E-state index in [-0.39, 0.29) is 12.3 Å². The summed E-state index contributed by atoms with van der Waals surface area (Å²) >= 11 is 7.57. The molecule has 0 fully saturated rings. The lowest BCUT2D eigenvalue weighted by Gasteiger charge is -2.32. The predicted octanol–water partition coefficient (Wildman–Crippen LogP) is 2.64. The predicted molar refractivity (Wildman–Crippen MR) is 118 cm³/mol. The van der Waals surface area contributed by atoms with Crippen LogP contribution in [0.2, 0.25) is 5.02 Å². The molecule has 0 saturated carbocycles. The number of nitrogens with zero attached hydrogens (tertiary/aromatic N) is 1. The Morgan fingerprint density at radius 3 is 2.63 bits per heavy atom. The molecule has 2 amide bonds. The van der Waals surface area contributed by atoms with Gasteiger partial charge in [0.1, 0.15) is 12.1 Å². The standard InChI is InChI=1S/C22H24ClN3O3S/c1-3-24-22(29)20(27)17(11-14-7-5-4-6-8-14)25-21(28)18-13-15-12-16(23)9-10-19(15)30-26(18)2/h4-10,12,17-18H,3,11,13H2,1-2H3,(H,24,29)(H,25,28)/t17-,18?/m0/s1. The first kappa shape index (κ1) is 22.3. The number of carbonyl (C=O) groups is 3. The number of ketones is 1. The normalized spacial score (nSPS) is 17.0. The Morgan fingerprint density at radius 1 is 1.20 bits per heavy atom. The molecule has 6 nitrogen and oxygen atoms in total. The molecule has 8 heteroatoms. The number of hydrogen-bond donors (Lipinski definition) is 2. The number of hydrogen-bond acceptors (Lipinski definition) is 5. The molecule has 30 heavy (non-hydrogen) atoms. The highest BCUT2D eigenvalue weighted by atomic mass is 35.5. The van der Waals surface area contributed by atoms with E-state index in [1.807, 2.05) is 59.9 Å². The van der Waals surface area contributed by atoms with Crippen molar-refractivity contribution in [2.75, 3.05) is 13.6 Å². The first-order valence-corrected chi connectivity index (χ1v) is 10.9. The Bertz CT molecular complexity index is 938. The quantitative estimate of drug-likeness (QED) is 0.506. The van der Waals surface area contributed by atoms with Crippen LogP contribution in [0.1, 0.15) is 18.1 Å². The van der Waals surface area contributed by atoms with Gasteiger partial charge in [-0.2, -0.15) is 0 Å². The zero-order chi connectivity index (χ0) is 21.7. The molecule has 2 aromatic carbocycles. The molecule has 0 aromatic heterocycles. The van der Waals surface area contributed by atoms with Crippen molar-refractivity contribution in [2.24, 2.45) is 0 Å². The lowest BCUT2D eigenvalue weighted by atomic mass is 10.00. The monoisotopic (exact) mass is 445 g/mol. The molecule has 0 radical (unpaired) electrons. The van der Waals surface area contributed by atoms with E-state index in [0.29, 0.717) is 18.0 Å². The van der Waals surface area contributed by atoms with E-state index in [4.69, 9.17) is 11.6 Å². The van der Waals surface area contributed by atoms with Gasteiger partial charge in [-0.1, -0.05) is 41.9 Å². The Kier molecular flexibility index (Phi) is 7.53. The number of halogens is 1. The van der Waals surface area contributed by atoms with Gasteiger partial charge in [0, 0.05) is 22.9 Å². The number of likely N-dealkylation sites (N-methyl/N-ethyl adjacent to an activating group) is 2. The molecule has 1 unspecified atom stereocenters. The summed E-state index contributed by atoms with van der Waals surface area (Å²) in [7, 11) is 1.84. The van der Waals surface area contributed by atoms with Gasteiger partial charge >= 0.3 is 0 Å². The summed E-state index contributed by atoms with van der Waals surface area (Å²) in [5.74, 6) is -1.64. The van der Waals surface area contributed by atoms with Crippen molar-refractivity contribution < 1.29 is 14.4 Å². The van der Waals surface area contributed by atoms with Gasteiger partial charge in [0.2, 0.25) is 11.7 Å². The Balaban J connectivity index is 1.78. The smallest absolute Gasteiger partial charge is 0.289 e. The average Bonchev–Trinajstić information content (AvgIpc) is 2.73. The van der Waals surface area contributed by atoms with E-state index in [2.05, 4.69) is 10.6 Å². The number of fused-ring (bicyclic) bond motifs is 1. The first-order chi connectivity index (χ1) is 14.4. The summed E-state index contributed by atoms with van der Waals surface area (Å²) in [5, 5.41) is 5.95. The van der Waals surface area contributed by atoms with Gasteiger partial charge in [0.15, 0.2) is 0 Å². The summed E-state index contributed by atoms with van der Waals surface area (Å²) in [6, 6.07) is 13.5. The molecule has 3 rings (SSSR count). The van der Waals surface area contributed by atoms with Crippen molar-refractivity contribution >= 4 is 41.1 Å². The lowest BCUT2D eigenvalue weighted by Crippen LogP contribution is -2.54. The molecular formula is C22H24ClN3O3S. The van der Waals surface area contributed by atoms with Crippen LogP contribution in [0, 0.1) is 0 Å². The number of amides is 2. The molecule has 2 aromatic rings. The molecule has 2 atom stereocenters. The van der Waals surface area contributed by atoms with Gasteiger partial charge < -0.3 is 10.6 Å². The van der Waals surface area contributed by atoms with Gasteiger partial charge in [-0.25, -0.2) is 4.31 Å². The number of carbonyl (C=O) groups excluding carboxylic acids is 3. The molecule has 0 aliphatic carbocycles. The molecule has 0 saturated heterocycles. The average molecular weight is 446 g/mol. The first-order valence-electron chi connectivity index (χ1n) is 9.74. The van der Waals surface area contributed by atoms with Crippen LogP contribution in [0.25, 0.3) is 0 Å². The molecule has 1 heterocycles. The highest BCUT2D eigenvalue weighted by molar-refractivity contribution is 7.97. The minimum absolute atomic E-state index is 0.245. The maximum Gasteiger partial charge on any atom is 0.289 e. The maximum atomic E-state index is 13.1. The summed E-state index contributed by atoms with van der Waals surface area (Å²) in [6.07, 6.45) is 0.715. The summed E-state index contributed by atoms with van der Waals surface area (Å²) < 4.78 is 1.86. The van der Waals surface area contributed by atoms with E-state index in [1.165, 1.54) is 11.9 Å². The molecule has 1 aliphatic heterocycles. The number of nitrogens with one attached hydrogen (secondary N) is 2. The van der Waals surface area contributed by atoms with Crippen LogP contribution in [0.3, 0.4) is 0 Å². The molecule has 2 N–H and O–H groups in total. The fourth-order valence-corrected chi connectivity index (χ4v) is 4.53. The molecule has 158 valence electrons. The number of Topliss-reactive ketones (excluding diaryl/α,β-unsaturated/α-hetero) is 1. The number of rotatable bonds is 7. The van der Waals surface area contributed by atoms with Crippen molar-refractivity contribution in [3.8, 4) is 0 Å². The van der Waals surface area contributed by atoms with E-state index in [9.17, 15) is 14.4 Å². The summed E-state index contributed by atoms with van der Waals surface area (Å²) in [6.45, 7) is 2.09. The topological polar surface area (TPSA) is 78.5 Å². The Labute approximate surface area is 185 Å². The van der Waals surface area contributed by atoms with Crippen LogP contribution in [0.4, 0.5) is 0 Å². The van der Waals surface area contributed by atoms with Crippen molar-refractivity contribution in [1.82, 2.24) is 14.9 Å². The zero-order valence-corrected chi connectivity index (χ0v) is 18.4. The molecule has 0 spiro atoms. The van der Waals surface area contributed by atoms with Crippen molar-refractivity contribution in [3.05, 3.63) is 64.7 Å². The fourth-order valence-electron chi connectivity index (χ4n) is 3.34. The van der Waals surface area contributed by atoms with Gasteiger partial charge in [-0.15, -0.1) is 0 Å². The van der Waals surface area contributed by atoms with Gasteiger partial charge in [-0.3, -0.25) is 14.4 Å². The fraction of sp³-hybridized carbons (Fsp3) is 0.318. The molecule has 0 bridgehead atoms. The molecular weight excluding hydrogens is 422 g/mol. The van der Waals surface area contributed by atoms with E-state index >= 15 is 0 Å². The van der Waals surface area contributed by atoms with E-state index in [1.54, 1.807) is 6.92 Å². The highest BCUT2D eigenvalue weighted by Crippen LogP contribution is 2.35. The number of benzene rings is 2. The van der Waals surface area contributed by atoms with E-state index in [0.717, 1.165) is 16.0 Å². The van der Waals surface area contributed by atoms with E-state index < -0.39 is 23.8 Å². The third-order valence-corrected chi connectivity index (χ3v) is 6.27. The second-order valence-corrected chi connectivity index (χ2v) is 8.72. The van der Waals surface area contributed by atoms with Crippen molar-refractivity contribution in [1.29, 1.82) is 0 Å². The zero-order valence-electron chi connectivity index (χ0n) is 16.9. The Hall–Kier alpha value is -2.35. The SMILES string of the molecule is CCNC(=O)C(=O)[C@H](Cc1ccccc1)NC(=O)C1Cc2cc(Cl)ccc2SN1C. The van der Waals surface area contributed by atoms with Crippen molar-refractivity contribution in [2.45, 2.75) is 36.7 Å². The third kappa shape index (κ3) is 5.41. The highest BCUT2D eigenvalue weighted by Gasteiger charge is 2.34. The van der Waals surface area contributed by atoms with Crippen LogP contribution in [0.5, 0.6) is 0 Å². The minimum Gasteiger partial charge on any atom is -0.350 e. The van der Waals surface area contributed by atoms with Gasteiger partial charge in [-0.05, 0) is 61.7 Å². The largest absolute Gasteiger partial charge is 0.350 e. The van der Waals surface area contributed by atoms with Gasteiger partial charge in [0.05, 0.1) is 0 Å². The maximum absolute atomic E-state index is 13.1. The van der Waals surface area contributed by atoms with Crippen molar-refractivity contribution in [3.63, 3.8) is 0 Å². The minimum atomic E-state index is -0.939.